The van der Waals surface area contributed by atoms with Crippen molar-refractivity contribution in [2.75, 3.05) is 11.1 Å². The summed E-state index contributed by atoms with van der Waals surface area (Å²) in [7, 11) is 0. The van der Waals surface area contributed by atoms with E-state index in [2.05, 4.69) is 15.3 Å². The molecule has 0 saturated heterocycles. The fraction of sp³-hybridized carbons (Fsp3) is 0. The zero-order chi connectivity index (χ0) is 16.1. The van der Waals surface area contributed by atoms with Crippen molar-refractivity contribution in [1.82, 2.24) is 4.98 Å². The summed E-state index contributed by atoms with van der Waals surface area (Å²) in [4.78, 5) is 19.7. The lowest BCUT2D eigenvalue weighted by Crippen LogP contribution is -2.12. The summed E-state index contributed by atoms with van der Waals surface area (Å²) < 4.78 is 0. The molecule has 0 unspecified atom stereocenters. The average Bonchev–Trinajstić information content (AvgIpc) is 3.02. The number of anilines is 2. The van der Waals surface area contributed by atoms with Gasteiger partial charge in [0.05, 0.1) is 11.4 Å². The summed E-state index contributed by atoms with van der Waals surface area (Å²) >= 11 is 1.40. The lowest BCUT2D eigenvalue weighted by Gasteiger charge is -2.04. The fourth-order valence-electron chi connectivity index (χ4n) is 2.02. The number of nitrogens with two attached hydrogens (primary N) is 1. The summed E-state index contributed by atoms with van der Waals surface area (Å²) in [6.07, 6.45) is 0.696. The van der Waals surface area contributed by atoms with Gasteiger partial charge in [-0.3, -0.25) is 4.79 Å². The third-order valence-corrected chi connectivity index (χ3v) is 3.77. The van der Waals surface area contributed by atoms with Crippen LogP contribution < -0.4 is 11.1 Å². The minimum absolute atomic E-state index is 0.252. The van der Waals surface area contributed by atoms with Crippen LogP contribution in [-0.4, -0.2) is 17.1 Å². The molecule has 0 aliphatic rings. The predicted molar refractivity (Wildman–Crippen MR) is 95.2 cm³/mol. The van der Waals surface area contributed by atoms with E-state index in [0.29, 0.717) is 17.1 Å². The van der Waals surface area contributed by atoms with E-state index in [0.717, 1.165) is 16.9 Å². The van der Waals surface area contributed by atoms with Crippen molar-refractivity contribution >= 4 is 40.0 Å². The van der Waals surface area contributed by atoms with Gasteiger partial charge in [0.15, 0.2) is 17.3 Å². The van der Waals surface area contributed by atoms with Gasteiger partial charge >= 0.3 is 0 Å². The second kappa shape index (κ2) is 6.85. The van der Waals surface area contributed by atoms with Crippen LogP contribution in [-0.2, 0) is 4.79 Å². The number of nitrogens with zero attached hydrogens (tertiary/aromatic N) is 2. The Labute approximate surface area is 137 Å². The molecule has 5 nitrogen and oxygen atoms in total. The van der Waals surface area contributed by atoms with Gasteiger partial charge in [-0.2, -0.15) is 0 Å². The zero-order valence-electron chi connectivity index (χ0n) is 12.1. The van der Waals surface area contributed by atoms with E-state index in [4.69, 9.17) is 5.73 Å². The van der Waals surface area contributed by atoms with Crippen molar-refractivity contribution in [3.05, 3.63) is 60.0 Å². The van der Waals surface area contributed by atoms with Crippen LogP contribution >= 0.6 is 11.3 Å². The number of nitrogen functional groups attached to an aromatic ring is 1. The van der Waals surface area contributed by atoms with Crippen molar-refractivity contribution in [2.24, 2.45) is 4.99 Å². The molecule has 114 valence electrons. The molecule has 23 heavy (non-hydrogen) atoms. The van der Waals surface area contributed by atoms with Gasteiger partial charge in [-0.15, -0.1) is 11.3 Å². The van der Waals surface area contributed by atoms with Gasteiger partial charge in [-0.1, -0.05) is 30.3 Å². The molecule has 1 heterocycles. The molecule has 3 aromatic rings. The number of benzene rings is 2. The Morgan fingerprint density at radius 2 is 1.87 bits per heavy atom. The maximum atomic E-state index is 11.2. The summed E-state index contributed by atoms with van der Waals surface area (Å²) in [5, 5.41) is 5.42. The van der Waals surface area contributed by atoms with Crippen LogP contribution in [0.5, 0.6) is 0 Å². The van der Waals surface area contributed by atoms with E-state index in [-0.39, 0.29) is 5.84 Å². The molecule has 2 aromatic carbocycles. The molecule has 0 aliphatic heterocycles. The Kier molecular flexibility index (Phi) is 4.44. The number of thiazole rings is 1. The van der Waals surface area contributed by atoms with Crippen molar-refractivity contribution in [3.63, 3.8) is 0 Å². The van der Waals surface area contributed by atoms with Gasteiger partial charge in [-0.05, 0) is 24.3 Å². The smallest absolute Gasteiger partial charge is 0.185 e. The first-order valence-electron chi connectivity index (χ1n) is 6.92. The van der Waals surface area contributed by atoms with Gasteiger partial charge in [0.1, 0.15) is 0 Å². The van der Waals surface area contributed by atoms with Gasteiger partial charge in [0.25, 0.3) is 0 Å². The highest BCUT2D eigenvalue weighted by Gasteiger charge is 2.03. The van der Waals surface area contributed by atoms with Crippen LogP contribution in [0.3, 0.4) is 0 Å². The molecule has 0 amide bonds. The first kappa shape index (κ1) is 14.9. The molecule has 0 fully saturated rings. The Balaban J connectivity index is 1.79. The third-order valence-electron chi connectivity index (χ3n) is 3.09. The first-order valence-corrected chi connectivity index (χ1v) is 7.80. The normalized spacial score (nSPS) is 11.2. The van der Waals surface area contributed by atoms with E-state index in [9.17, 15) is 4.79 Å². The Morgan fingerprint density at radius 1 is 1.13 bits per heavy atom. The number of rotatable bonds is 4. The predicted octanol–water partition coefficient (Wildman–Crippen LogP) is 3.73. The summed E-state index contributed by atoms with van der Waals surface area (Å²) in [5.41, 5.74) is 8.93. The lowest BCUT2D eigenvalue weighted by molar-refractivity contribution is -0.102. The fourth-order valence-corrected chi connectivity index (χ4v) is 2.59. The highest BCUT2D eigenvalue weighted by molar-refractivity contribution is 7.13. The number of nitrogens with one attached hydrogen (secondary N) is 1. The quantitative estimate of drug-likeness (QED) is 0.436. The largest absolute Gasteiger partial charge is 0.375 e. The van der Waals surface area contributed by atoms with Gasteiger partial charge in [0.2, 0.25) is 0 Å². The van der Waals surface area contributed by atoms with Crippen molar-refractivity contribution in [3.8, 4) is 11.3 Å². The number of carbonyl (C=O) groups is 1. The number of aromatic nitrogens is 1. The molecule has 0 spiro atoms. The van der Waals surface area contributed by atoms with E-state index in [1.165, 1.54) is 11.3 Å². The minimum Gasteiger partial charge on any atom is -0.375 e. The monoisotopic (exact) mass is 322 g/mol. The number of hydrogen-bond acceptors (Lipinski definition) is 5. The maximum absolute atomic E-state index is 11.2. The van der Waals surface area contributed by atoms with Crippen molar-refractivity contribution < 1.29 is 4.79 Å². The van der Waals surface area contributed by atoms with Crippen LogP contribution in [0.4, 0.5) is 16.5 Å². The molecular weight excluding hydrogens is 308 g/mol. The van der Waals surface area contributed by atoms with E-state index in [1.54, 1.807) is 0 Å². The number of amidine groups is 1. The minimum atomic E-state index is 0.252. The second-order valence-corrected chi connectivity index (χ2v) is 5.61. The highest BCUT2D eigenvalue weighted by Crippen LogP contribution is 2.25. The zero-order valence-corrected chi connectivity index (χ0v) is 13.0. The lowest BCUT2D eigenvalue weighted by atomic mass is 10.1. The standard InChI is InChI=1S/C17H14N4OS/c18-17-21-15(11-23-17)12-6-8-14(9-7-12)20-16(10-22)19-13-4-2-1-3-5-13/h1-11H,(H2,18,21)(H,19,20). The molecule has 0 aliphatic carbocycles. The maximum Gasteiger partial charge on any atom is 0.185 e. The van der Waals surface area contributed by atoms with Crippen LogP contribution in [0, 0.1) is 0 Å². The molecule has 0 saturated carbocycles. The van der Waals surface area contributed by atoms with Crippen LogP contribution in [0.2, 0.25) is 0 Å². The molecule has 0 radical (unpaired) electrons. The second-order valence-electron chi connectivity index (χ2n) is 4.72. The molecule has 0 atom stereocenters. The highest BCUT2D eigenvalue weighted by atomic mass is 32.1. The molecule has 1 aromatic heterocycles. The molecule has 3 N–H and O–H groups in total. The van der Waals surface area contributed by atoms with Gasteiger partial charge in [-0.25, -0.2) is 9.98 Å². The molecule has 0 bridgehead atoms. The Morgan fingerprint density at radius 3 is 2.48 bits per heavy atom. The SMILES string of the molecule is Nc1nc(-c2ccc(N=C(C=O)Nc3ccccc3)cc2)cs1. The van der Waals surface area contributed by atoms with Crippen molar-refractivity contribution in [1.29, 1.82) is 0 Å². The third kappa shape index (κ3) is 3.81. The summed E-state index contributed by atoms with van der Waals surface area (Å²) in [6.45, 7) is 0. The van der Waals surface area contributed by atoms with E-state index in [1.807, 2.05) is 60.0 Å². The van der Waals surface area contributed by atoms with Crippen LogP contribution in [0.25, 0.3) is 11.3 Å². The summed E-state index contributed by atoms with van der Waals surface area (Å²) in [6, 6.07) is 16.9. The number of carbonyl (C=O) groups excluding carboxylic acids is 1. The van der Waals surface area contributed by atoms with E-state index < -0.39 is 0 Å². The number of para-hydroxylation sites is 1. The topological polar surface area (TPSA) is 80.4 Å². The Hall–Kier alpha value is -2.99. The number of aliphatic imine (C=N–C) groups is 1. The molecular formula is C17H14N4OS. The van der Waals surface area contributed by atoms with Crippen molar-refractivity contribution in [2.45, 2.75) is 0 Å². The van der Waals surface area contributed by atoms with Gasteiger partial charge in [0, 0.05) is 16.6 Å². The number of aldehydes is 1. The average molecular weight is 322 g/mol. The van der Waals surface area contributed by atoms with Crippen LogP contribution in [0.1, 0.15) is 0 Å². The molecule has 3 rings (SSSR count). The summed E-state index contributed by atoms with van der Waals surface area (Å²) in [5.74, 6) is 0.252. The van der Waals surface area contributed by atoms with Gasteiger partial charge < -0.3 is 11.1 Å². The first-order chi connectivity index (χ1) is 11.2. The van der Waals surface area contributed by atoms with Crippen LogP contribution in [0.15, 0.2) is 65.0 Å². The number of hydrogen-bond donors (Lipinski definition) is 2. The Bertz CT molecular complexity index is 825. The van der Waals surface area contributed by atoms with E-state index >= 15 is 0 Å². The molecule has 6 heteroatoms.